The van der Waals surface area contributed by atoms with Crippen molar-refractivity contribution in [2.45, 2.75) is 11.8 Å². The third-order valence-corrected chi connectivity index (χ3v) is 6.78. The molecule has 1 aliphatic heterocycles. The minimum absolute atomic E-state index is 0.00774. The van der Waals surface area contributed by atoms with E-state index in [9.17, 15) is 4.79 Å². The van der Waals surface area contributed by atoms with Gasteiger partial charge in [0.05, 0.1) is 20.0 Å². The van der Waals surface area contributed by atoms with Gasteiger partial charge >= 0.3 is 0 Å². The van der Waals surface area contributed by atoms with Gasteiger partial charge in [-0.25, -0.2) is 0 Å². The molecule has 1 amide bonds. The summed E-state index contributed by atoms with van der Waals surface area (Å²) in [6, 6.07) is 8.01. The predicted molar refractivity (Wildman–Crippen MR) is 102 cm³/mol. The maximum absolute atomic E-state index is 12.3. The standard InChI is InChI=1S/C17H18BrNO3S2/c1-21-14-8-12(13(18)9-15(14)22-2)17-19(16(20)10-24-17)6-5-11-4-3-7-23-11/h3-4,7-9,17H,5-6,10H2,1-2H3. The maximum Gasteiger partial charge on any atom is 0.233 e. The number of carbonyl (C=O) groups is 1. The van der Waals surface area contributed by atoms with Crippen molar-refractivity contribution < 1.29 is 14.3 Å². The van der Waals surface area contributed by atoms with Gasteiger partial charge in [0, 0.05) is 21.5 Å². The van der Waals surface area contributed by atoms with E-state index in [1.807, 2.05) is 23.1 Å². The maximum atomic E-state index is 12.3. The molecule has 1 aromatic heterocycles. The molecule has 24 heavy (non-hydrogen) atoms. The zero-order chi connectivity index (χ0) is 17.1. The molecule has 2 aromatic rings. The van der Waals surface area contributed by atoms with E-state index in [0.717, 1.165) is 23.0 Å². The number of ether oxygens (including phenoxy) is 2. The molecule has 1 aliphatic rings. The van der Waals surface area contributed by atoms with Crippen LogP contribution in [0, 0.1) is 0 Å². The number of rotatable bonds is 6. The Morgan fingerprint density at radius 3 is 2.71 bits per heavy atom. The van der Waals surface area contributed by atoms with Crippen LogP contribution < -0.4 is 9.47 Å². The second-order valence-corrected chi connectivity index (χ2v) is 8.26. The monoisotopic (exact) mass is 427 g/mol. The van der Waals surface area contributed by atoms with Crippen LogP contribution in [0.15, 0.2) is 34.1 Å². The van der Waals surface area contributed by atoms with E-state index in [4.69, 9.17) is 9.47 Å². The molecule has 1 fully saturated rings. The van der Waals surface area contributed by atoms with E-state index < -0.39 is 0 Å². The number of methoxy groups -OCH3 is 2. The quantitative estimate of drug-likeness (QED) is 0.686. The molecule has 0 saturated carbocycles. The summed E-state index contributed by atoms with van der Waals surface area (Å²) in [4.78, 5) is 15.6. The first-order valence-corrected chi connectivity index (χ1v) is 10.2. The van der Waals surface area contributed by atoms with Gasteiger partial charge in [0.2, 0.25) is 5.91 Å². The Morgan fingerprint density at radius 2 is 2.04 bits per heavy atom. The number of benzene rings is 1. The number of carbonyl (C=O) groups excluding carboxylic acids is 1. The largest absolute Gasteiger partial charge is 0.493 e. The average molecular weight is 428 g/mol. The molecule has 1 saturated heterocycles. The van der Waals surface area contributed by atoms with Gasteiger partial charge in [-0.1, -0.05) is 22.0 Å². The molecule has 0 bridgehead atoms. The van der Waals surface area contributed by atoms with Crippen LogP contribution in [0.2, 0.25) is 0 Å². The lowest BCUT2D eigenvalue weighted by molar-refractivity contribution is -0.128. The predicted octanol–water partition coefficient (Wildman–Crippen LogP) is 4.34. The van der Waals surface area contributed by atoms with Gasteiger partial charge in [-0.15, -0.1) is 23.1 Å². The summed E-state index contributed by atoms with van der Waals surface area (Å²) in [6.45, 7) is 0.720. The highest BCUT2D eigenvalue weighted by molar-refractivity contribution is 9.10. The molecule has 4 nitrogen and oxygen atoms in total. The van der Waals surface area contributed by atoms with Crippen LogP contribution in [0.25, 0.3) is 0 Å². The van der Waals surface area contributed by atoms with Crippen molar-refractivity contribution in [1.82, 2.24) is 4.90 Å². The zero-order valence-electron chi connectivity index (χ0n) is 13.5. The van der Waals surface area contributed by atoms with E-state index in [1.54, 1.807) is 37.3 Å². The minimum atomic E-state index is -0.00774. The lowest BCUT2D eigenvalue weighted by atomic mass is 10.1. The number of hydrogen-bond donors (Lipinski definition) is 0. The summed E-state index contributed by atoms with van der Waals surface area (Å²) in [5.74, 6) is 2.04. The number of hydrogen-bond acceptors (Lipinski definition) is 5. The van der Waals surface area contributed by atoms with Crippen LogP contribution >= 0.6 is 39.0 Å². The van der Waals surface area contributed by atoms with E-state index in [1.165, 1.54) is 4.88 Å². The van der Waals surface area contributed by atoms with E-state index in [-0.39, 0.29) is 11.3 Å². The minimum Gasteiger partial charge on any atom is -0.493 e. The van der Waals surface area contributed by atoms with Crippen LogP contribution in [-0.4, -0.2) is 37.3 Å². The van der Waals surface area contributed by atoms with Gasteiger partial charge in [0.15, 0.2) is 11.5 Å². The Hall–Kier alpha value is -1.18. The normalized spacial score (nSPS) is 17.4. The molecule has 2 heterocycles. The molecule has 1 aromatic carbocycles. The lowest BCUT2D eigenvalue weighted by Crippen LogP contribution is -2.30. The lowest BCUT2D eigenvalue weighted by Gasteiger charge is -2.25. The van der Waals surface area contributed by atoms with E-state index >= 15 is 0 Å². The molecule has 3 rings (SSSR count). The van der Waals surface area contributed by atoms with E-state index in [0.29, 0.717) is 17.3 Å². The molecule has 128 valence electrons. The zero-order valence-corrected chi connectivity index (χ0v) is 16.7. The first-order chi connectivity index (χ1) is 11.6. The smallest absolute Gasteiger partial charge is 0.233 e. The molecular formula is C17H18BrNO3S2. The summed E-state index contributed by atoms with van der Waals surface area (Å²) < 4.78 is 11.7. The summed E-state index contributed by atoms with van der Waals surface area (Å²) in [7, 11) is 3.24. The fourth-order valence-corrected chi connectivity index (χ4v) is 5.33. The van der Waals surface area contributed by atoms with Gasteiger partial charge in [-0.3, -0.25) is 4.79 Å². The third kappa shape index (κ3) is 3.58. The van der Waals surface area contributed by atoms with Crippen molar-refractivity contribution in [2.24, 2.45) is 0 Å². The molecule has 1 unspecified atom stereocenters. The summed E-state index contributed by atoms with van der Waals surface area (Å²) in [5, 5.41) is 2.06. The fraction of sp³-hybridized carbons (Fsp3) is 0.353. The topological polar surface area (TPSA) is 38.8 Å². The van der Waals surface area contributed by atoms with Gasteiger partial charge in [0.1, 0.15) is 5.37 Å². The van der Waals surface area contributed by atoms with Crippen LogP contribution in [0.4, 0.5) is 0 Å². The number of nitrogens with zero attached hydrogens (tertiary/aromatic N) is 1. The highest BCUT2D eigenvalue weighted by Gasteiger charge is 2.34. The highest BCUT2D eigenvalue weighted by Crippen LogP contribution is 2.45. The summed E-state index contributed by atoms with van der Waals surface area (Å²) >= 11 is 6.99. The van der Waals surface area contributed by atoms with Crippen LogP contribution in [0.1, 0.15) is 15.8 Å². The highest BCUT2D eigenvalue weighted by atomic mass is 79.9. The Bertz CT molecular complexity index is 721. The van der Waals surface area contributed by atoms with Crippen molar-refractivity contribution in [3.8, 4) is 11.5 Å². The first-order valence-electron chi connectivity index (χ1n) is 7.49. The first kappa shape index (κ1) is 17.6. The van der Waals surface area contributed by atoms with Gasteiger partial charge < -0.3 is 14.4 Å². The van der Waals surface area contributed by atoms with Crippen molar-refractivity contribution in [3.05, 3.63) is 44.6 Å². The molecule has 1 atom stereocenters. The Kier molecular flexibility index (Phi) is 5.73. The number of thioether (sulfide) groups is 1. The van der Waals surface area contributed by atoms with Gasteiger partial charge in [-0.05, 0) is 30.0 Å². The fourth-order valence-electron chi connectivity index (χ4n) is 2.70. The molecule has 0 spiro atoms. The Labute approximate surface area is 158 Å². The number of thiophene rings is 1. The van der Waals surface area contributed by atoms with Crippen LogP contribution in [-0.2, 0) is 11.2 Å². The molecule has 0 radical (unpaired) electrons. The second-order valence-electron chi connectivity index (χ2n) is 5.31. The number of amides is 1. The SMILES string of the molecule is COc1cc(Br)c(C2SCC(=O)N2CCc2cccs2)cc1OC. The van der Waals surface area contributed by atoms with Crippen molar-refractivity contribution in [3.63, 3.8) is 0 Å². The Balaban J connectivity index is 1.85. The van der Waals surface area contributed by atoms with Crippen molar-refractivity contribution in [2.75, 3.05) is 26.5 Å². The average Bonchev–Trinajstić information content (AvgIpc) is 3.22. The number of halogens is 1. The van der Waals surface area contributed by atoms with Gasteiger partial charge in [0.25, 0.3) is 0 Å². The van der Waals surface area contributed by atoms with E-state index in [2.05, 4.69) is 27.4 Å². The summed E-state index contributed by atoms with van der Waals surface area (Å²) in [6.07, 6.45) is 0.880. The molecule has 7 heteroatoms. The van der Waals surface area contributed by atoms with Crippen LogP contribution in [0.5, 0.6) is 11.5 Å². The molecule has 0 aliphatic carbocycles. The summed E-state index contributed by atoms with van der Waals surface area (Å²) in [5.41, 5.74) is 1.04. The van der Waals surface area contributed by atoms with Gasteiger partial charge in [-0.2, -0.15) is 0 Å². The third-order valence-electron chi connectivity index (χ3n) is 3.92. The van der Waals surface area contributed by atoms with Crippen LogP contribution in [0.3, 0.4) is 0 Å². The molecular weight excluding hydrogens is 410 g/mol. The molecule has 0 N–H and O–H groups in total. The van der Waals surface area contributed by atoms with Crippen molar-refractivity contribution >= 4 is 44.9 Å². The van der Waals surface area contributed by atoms with Crippen molar-refractivity contribution in [1.29, 1.82) is 0 Å². The second kappa shape index (κ2) is 7.80. The Morgan fingerprint density at radius 1 is 1.29 bits per heavy atom.